The molecule has 0 aromatic heterocycles. The number of benzene rings is 1. The van der Waals surface area contributed by atoms with Gasteiger partial charge in [0.1, 0.15) is 5.75 Å². The minimum atomic E-state index is -1.04. The van der Waals surface area contributed by atoms with Gasteiger partial charge in [0.25, 0.3) is 5.91 Å². The zero-order valence-electron chi connectivity index (χ0n) is 10.1. The Morgan fingerprint density at radius 1 is 1.50 bits per heavy atom. The Balaban J connectivity index is 1.97. The molecular formula is C13H15NO4. The number of hydrogen-bond donors (Lipinski definition) is 2. The summed E-state index contributed by atoms with van der Waals surface area (Å²) in [6.45, 7) is 1.67. The van der Waals surface area contributed by atoms with Gasteiger partial charge in [-0.05, 0) is 30.5 Å². The number of amides is 1. The quantitative estimate of drug-likeness (QED) is 0.824. The molecule has 1 saturated carbocycles. The van der Waals surface area contributed by atoms with E-state index in [9.17, 15) is 9.59 Å². The van der Waals surface area contributed by atoms with Crippen molar-refractivity contribution in [3.63, 3.8) is 0 Å². The molecule has 1 aromatic rings. The molecule has 5 nitrogen and oxygen atoms in total. The van der Waals surface area contributed by atoms with Crippen molar-refractivity contribution in [3.8, 4) is 5.75 Å². The van der Waals surface area contributed by atoms with Crippen LogP contribution in [0.3, 0.4) is 0 Å². The van der Waals surface area contributed by atoms with Gasteiger partial charge >= 0.3 is 5.97 Å². The van der Waals surface area contributed by atoms with E-state index in [0.717, 1.165) is 6.42 Å². The first-order valence-electron chi connectivity index (χ1n) is 5.82. The Hall–Kier alpha value is -2.04. The van der Waals surface area contributed by atoms with Crippen LogP contribution in [0.1, 0.15) is 23.7 Å². The fourth-order valence-electron chi connectivity index (χ4n) is 1.65. The van der Waals surface area contributed by atoms with Crippen molar-refractivity contribution in [2.24, 2.45) is 5.92 Å². The second-order valence-electron chi connectivity index (χ2n) is 4.50. The molecule has 0 heterocycles. The molecule has 2 atom stereocenters. The summed E-state index contributed by atoms with van der Waals surface area (Å²) in [7, 11) is 0. The molecular weight excluding hydrogens is 234 g/mol. The maximum Gasteiger partial charge on any atom is 0.341 e. The van der Waals surface area contributed by atoms with Crippen LogP contribution in [0.2, 0.25) is 0 Å². The molecule has 5 heteroatoms. The zero-order chi connectivity index (χ0) is 13.1. The molecule has 2 unspecified atom stereocenters. The first kappa shape index (κ1) is 12.4. The van der Waals surface area contributed by atoms with Crippen LogP contribution in [0.5, 0.6) is 5.75 Å². The van der Waals surface area contributed by atoms with Gasteiger partial charge in [0, 0.05) is 11.6 Å². The molecule has 1 aliphatic rings. The van der Waals surface area contributed by atoms with Crippen molar-refractivity contribution in [1.29, 1.82) is 0 Å². The number of carboxylic acids is 1. The summed E-state index contributed by atoms with van der Waals surface area (Å²) in [5.41, 5.74) is 0.483. The lowest BCUT2D eigenvalue weighted by molar-refractivity contribution is -0.139. The average molecular weight is 249 g/mol. The lowest BCUT2D eigenvalue weighted by Gasteiger charge is -2.07. The molecule has 2 rings (SSSR count). The van der Waals surface area contributed by atoms with Gasteiger partial charge in [-0.25, -0.2) is 4.79 Å². The third-order valence-electron chi connectivity index (χ3n) is 2.88. The second-order valence-corrected chi connectivity index (χ2v) is 4.50. The van der Waals surface area contributed by atoms with Gasteiger partial charge in [-0.1, -0.05) is 13.0 Å². The minimum absolute atomic E-state index is 0.148. The number of rotatable bonds is 5. The number of aliphatic carboxylic acids is 1. The Labute approximate surface area is 105 Å². The van der Waals surface area contributed by atoms with E-state index < -0.39 is 12.6 Å². The van der Waals surface area contributed by atoms with E-state index in [1.807, 2.05) is 0 Å². The number of ether oxygens (including phenoxy) is 1. The summed E-state index contributed by atoms with van der Waals surface area (Å²) in [5, 5.41) is 11.4. The Morgan fingerprint density at radius 2 is 2.22 bits per heavy atom. The predicted molar refractivity (Wildman–Crippen MR) is 64.6 cm³/mol. The van der Waals surface area contributed by atoms with Crippen molar-refractivity contribution in [2.75, 3.05) is 6.61 Å². The Kier molecular flexibility index (Phi) is 3.50. The summed E-state index contributed by atoms with van der Waals surface area (Å²) in [4.78, 5) is 22.2. The molecule has 1 fully saturated rings. The maximum atomic E-state index is 11.8. The van der Waals surface area contributed by atoms with Crippen LogP contribution in [0, 0.1) is 5.92 Å². The van der Waals surface area contributed by atoms with Crippen LogP contribution in [0.25, 0.3) is 0 Å². The van der Waals surface area contributed by atoms with Gasteiger partial charge in [-0.3, -0.25) is 4.79 Å². The largest absolute Gasteiger partial charge is 0.482 e. The van der Waals surface area contributed by atoms with Crippen molar-refractivity contribution in [1.82, 2.24) is 5.32 Å². The number of carbonyl (C=O) groups excluding carboxylic acids is 1. The highest BCUT2D eigenvalue weighted by Crippen LogP contribution is 2.29. The molecule has 18 heavy (non-hydrogen) atoms. The molecule has 0 aliphatic heterocycles. The summed E-state index contributed by atoms with van der Waals surface area (Å²) >= 11 is 0. The van der Waals surface area contributed by atoms with Gasteiger partial charge < -0.3 is 15.2 Å². The number of hydrogen-bond acceptors (Lipinski definition) is 3. The van der Waals surface area contributed by atoms with Crippen LogP contribution in [0.4, 0.5) is 0 Å². The van der Waals surface area contributed by atoms with Gasteiger partial charge in [0.2, 0.25) is 0 Å². The standard InChI is InChI=1S/C13H15NO4/c1-8-5-11(8)14-13(17)9-3-2-4-10(6-9)18-7-12(15)16/h2-4,6,8,11H,5,7H2,1H3,(H,14,17)(H,15,16). The summed E-state index contributed by atoms with van der Waals surface area (Å²) in [6, 6.07) is 6.78. The monoisotopic (exact) mass is 249 g/mol. The lowest BCUT2D eigenvalue weighted by Crippen LogP contribution is -2.26. The summed E-state index contributed by atoms with van der Waals surface area (Å²) in [5.74, 6) is -0.268. The number of carboxylic acid groups (broad SMARTS) is 1. The second kappa shape index (κ2) is 5.08. The SMILES string of the molecule is CC1CC1NC(=O)c1cccc(OCC(=O)O)c1. The average Bonchev–Trinajstić information content (AvgIpc) is 3.02. The molecule has 1 aromatic carbocycles. The zero-order valence-corrected chi connectivity index (χ0v) is 10.1. The highest BCUT2D eigenvalue weighted by atomic mass is 16.5. The number of carbonyl (C=O) groups is 2. The van der Waals surface area contributed by atoms with Gasteiger partial charge in [-0.2, -0.15) is 0 Å². The third-order valence-corrected chi connectivity index (χ3v) is 2.88. The normalized spacial score (nSPS) is 21.2. The maximum absolute atomic E-state index is 11.8. The van der Waals surface area contributed by atoms with Crippen molar-refractivity contribution in [2.45, 2.75) is 19.4 Å². The van der Waals surface area contributed by atoms with Crippen LogP contribution < -0.4 is 10.1 Å². The van der Waals surface area contributed by atoms with Crippen molar-refractivity contribution >= 4 is 11.9 Å². The van der Waals surface area contributed by atoms with Gasteiger partial charge in [0.05, 0.1) is 0 Å². The van der Waals surface area contributed by atoms with Gasteiger partial charge in [0.15, 0.2) is 6.61 Å². The lowest BCUT2D eigenvalue weighted by atomic mass is 10.2. The van der Waals surface area contributed by atoms with Crippen LogP contribution in [-0.4, -0.2) is 29.6 Å². The Bertz CT molecular complexity index is 472. The number of nitrogens with one attached hydrogen (secondary N) is 1. The minimum Gasteiger partial charge on any atom is -0.482 e. The molecule has 96 valence electrons. The molecule has 1 amide bonds. The van der Waals surface area contributed by atoms with E-state index in [2.05, 4.69) is 12.2 Å². The molecule has 1 aliphatic carbocycles. The van der Waals surface area contributed by atoms with Crippen molar-refractivity contribution < 1.29 is 19.4 Å². The highest BCUT2D eigenvalue weighted by molar-refractivity contribution is 5.95. The van der Waals surface area contributed by atoms with E-state index in [1.165, 1.54) is 0 Å². The van der Waals surface area contributed by atoms with Crippen LogP contribution in [-0.2, 0) is 4.79 Å². The third kappa shape index (κ3) is 3.23. The fourth-order valence-corrected chi connectivity index (χ4v) is 1.65. The topological polar surface area (TPSA) is 75.6 Å². The van der Waals surface area contributed by atoms with E-state index in [0.29, 0.717) is 17.2 Å². The summed E-state index contributed by atoms with van der Waals surface area (Å²) in [6.07, 6.45) is 1.01. The molecule has 0 saturated heterocycles. The molecule has 0 radical (unpaired) electrons. The van der Waals surface area contributed by atoms with E-state index in [4.69, 9.17) is 9.84 Å². The van der Waals surface area contributed by atoms with E-state index in [-0.39, 0.29) is 11.9 Å². The van der Waals surface area contributed by atoms with Crippen molar-refractivity contribution in [3.05, 3.63) is 29.8 Å². The smallest absolute Gasteiger partial charge is 0.341 e. The van der Waals surface area contributed by atoms with E-state index in [1.54, 1.807) is 24.3 Å². The predicted octanol–water partition coefficient (Wildman–Crippen LogP) is 1.29. The van der Waals surface area contributed by atoms with Crippen LogP contribution in [0.15, 0.2) is 24.3 Å². The molecule has 0 bridgehead atoms. The molecule has 0 spiro atoms. The van der Waals surface area contributed by atoms with E-state index >= 15 is 0 Å². The Morgan fingerprint density at radius 3 is 2.83 bits per heavy atom. The first-order valence-corrected chi connectivity index (χ1v) is 5.82. The first-order chi connectivity index (χ1) is 8.56. The highest BCUT2D eigenvalue weighted by Gasteiger charge is 2.33. The molecule has 2 N–H and O–H groups in total. The van der Waals surface area contributed by atoms with Gasteiger partial charge in [-0.15, -0.1) is 0 Å². The van der Waals surface area contributed by atoms with Crippen LogP contribution >= 0.6 is 0 Å². The summed E-state index contributed by atoms with van der Waals surface area (Å²) < 4.78 is 5.02. The fraction of sp³-hybridized carbons (Fsp3) is 0.385.